The molecule has 2 N–H and O–H groups in total. The van der Waals surface area contributed by atoms with E-state index in [1.54, 1.807) is 14.1 Å². The summed E-state index contributed by atoms with van der Waals surface area (Å²) in [5.41, 5.74) is 1.81. The van der Waals surface area contributed by atoms with Crippen molar-refractivity contribution in [2.75, 3.05) is 27.2 Å². The summed E-state index contributed by atoms with van der Waals surface area (Å²) in [5, 5.41) is 9.99. The van der Waals surface area contributed by atoms with Gasteiger partial charge in [0.1, 0.15) is 5.76 Å². The van der Waals surface area contributed by atoms with Gasteiger partial charge in [-0.25, -0.2) is 4.99 Å². The van der Waals surface area contributed by atoms with Gasteiger partial charge in [0.15, 0.2) is 5.96 Å². The van der Waals surface area contributed by atoms with Crippen LogP contribution in [0.2, 0.25) is 0 Å². The quantitative estimate of drug-likeness (QED) is 0.432. The number of aromatic nitrogens is 1. The second-order valence-electron chi connectivity index (χ2n) is 4.64. The van der Waals surface area contributed by atoms with Crippen LogP contribution >= 0.6 is 24.0 Å². The minimum atomic E-state index is -0.00654. The van der Waals surface area contributed by atoms with E-state index in [0.29, 0.717) is 12.5 Å². The summed E-state index contributed by atoms with van der Waals surface area (Å²) in [7, 11) is 3.44. The molecule has 120 valence electrons. The summed E-state index contributed by atoms with van der Waals surface area (Å²) in [6.45, 7) is 7.12. The molecule has 8 heteroatoms. The summed E-state index contributed by atoms with van der Waals surface area (Å²) in [4.78, 5) is 17.5. The minimum Gasteiger partial charge on any atom is -0.361 e. The number of rotatable bonds is 5. The van der Waals surface area contributed by atoms with Crippen molar-refractivity contribution in [1.82, 2.24) is 20.7 Å². The number of hydrogen-bond donors (Lipinski definition) is 2. The monoisotopic (exact) mass is 409 g/mol. The second kappa shape index (κ2) is 9.59. The number of halogens is 1. The van der Waals surface area contributed by atoms with Gasteiger partial charge in [-0.2, -0.15) is 0 Å². The smallest absolute Gasteiger partial charge is 0.241 e. The third-order valence-corrected chi connectivity index (χ3v) is 2.83. The molecule has 0 aromatic carbocycles. The summed E-state index contributed by atoms with van der Waals surface area (Å²) >= 11 is 0. The molecular formula is C13H24IN5O2. The van der Waals surface area contributed by atoms with E-state index in [0.717, 1.165) is 23.6 Å². The summed E-state index contributed by atoms with van der Waals surface area (Å²) in [6.07, 6.45) is 0. The molecule has 0 radical (unpaired) electrons. The van der Waals surface area contributed by atoms with Crippen LogP contribution in [0.5, 0.6) is 0 Å². The molecule has 0 unspecified atom stereocenters. The van der Waals surface area contributed by atoms with Gasteiger partial charge in [-0.1, -0.05) is 5.16 Å². The van der Waals surface area contributed by atoms with Gasteiger partial charge in [-0.15, -0.1) is 24.0 Å². The van der Waals surface area contributed by atoms with Crippen LogP contribution in [0.4, 0.5) is 0 Å². The number of aryl methyl sites for hydroxylation is 2. The number of nitrogens with one attached hydrogen (secondary N) is 2. The molecule has 0 fully saturated rings. The Morgan fingerprint density at radius 3 is 2.48 bits per heavy atom. The van der Waals surface area contributed by atoms with Gasteiger partial charge < -0.3 is 20.1 Å². The molecule has 0 atom stereocenters. The predicted octanol–water partition coefficient (Wildman–Crippen LogP) is 1.05. The van der Waals surface area contributed by atoms with E-state index >= 15 is 0 Å². The van der Waals surface area contributed by atoms with E-state index in [1.807, 2.05) is 20.8 Å². The molecule has 1 heterocycles. The van der Waals surface area contributed by atoms with Gasteiger partial charge in [0, 0.05) is 26.2 Å². The highest BCUT2D eigenvalue weighted by Crippen LogP contribution is 2.12. The minimum absolute atomic E-state index is 0. The Kier molecular flexibility index (Phi) is 8.98. The molecule has 1 amide bonds. The molecule has 0 saturated heterocycles. The first kappa shape index (κ1) is 19.7. The van der Waals surface area contributed by atoms with Crippen LogP contribution < -0.4 is 10.6 Å². The standard InChI is InChI=1S/C13H23N5O2.HI/c1-6-14-13(16-8-12(19)18(4)5)15-7-11-9(2)17-20-10(11)3;/h6-8H2,1-5H3,(H2,14,15,16);1H. The largest absolute Gasteiger partial charge is 0.361 e. The van der Waals surface area contributed by atoms with Gasteiger partial charge in [-0.3, -0.25) is 4.79 Å². The van der Waals surface area contributed by atoms with Crippen molar-refractivity contribution in [1.29, 1.82) is 0 Å². The van der Waals surface area contributed by atoms with E-state index in [1.165, 1.54) is 4.90 Å². The molecule has 0 saturated carbocycles. The first-order valence-electron chi connectivity index (χ1n) is 6.59. The van der Waals surface area contributed by atoms with Crippen molar-refractivity contribution >= 4 is 35.8 Å². The number of carbonyl (C=O) groups is 1. The van der Waals surface area contributed by atoms with Crippen molar-refractivity contribution in [2.45, 2.75) is 27.3 Å². The van der Waals surface area contributed by atoms with E-state index in [9.17, 15) is 4.79 Å². The number of carbonyl (C=O) groups excluding carboxylic acids is 1. The zero-order valence-corrected chi connectivity index (χ0v) is 15.5. The van der Waals surface area contributed by atoms with E-state index in [-0.39, 0.29) is 36.4 Å². The predicted molar refractivity (Wildman–Crippen MR) is 92.9 cm³/mol. The SMILES string of the molecule is CCNC(=NCc1c(C)noc1C)NCC(=O)N(C)C.I. The molecule has 1 aromatic heterocycles. The fourth-order valence-electron chi connectivity index (χ4n) is 1.54. The molecule has 7 nitrogen and oxygen atoms in total. The molecule has 1 aromatic rings. The van der Waals surface area contributed by atoms with Crippen molar-refractivity contribution in [2.24, 2.45) is 4.99 Å². The third kappa shape index (κ3) is 6.32. The summed E-state index contributed by atoms with van der Waals surface area (Å²) < 4.78 is 5.10. The van der Waals surface area contributed by atoms with Crippen molar-refractivity contribution in [3.8, 4) is 0 Å². The Bertz CT molecular complexity index is 465. The zero-order chi connectivity index (χ0) is 15.1. The van der Waals surface area contributed by atoms with Crippen molar-refractivity contribution in [3.63, 3.8) is 0 Å². The second-order valence-corrected chi connectivity index (χ2v) is 4.64. The Morgan fingerprint density at radius 2 is 2.00 bits per heavy atom. The first-order valence-corrected chi connectivity index (χ1v) is 6.59. The van der Waals surface area contributed by atoms with Crippen LogP contribution in [0, 0.1) is 13.8 Å². The molecule has 21 heavy (non-hydrogen) atoms. The molecule has 0 spiro atoms. The van der Waals surface area contributed by atoms with Crippen LogP contribution in [0.3, 0.4) is 0 Å². The number of likely N-dealkylation sites (N-methyl/N-ethyl adjacent to an activating group) is 1. The fourth-order valence-corrected chi connectivity index (χ4v) is 1.54. The van der Waals surface area contributed by atoms with Crippen LogP contribution in [0.15, 0.2) is 9.52 Å². The Balaban J connectivity index is 0.00000400. The average molecular weight is 409 g/mol. The zero-order valence-electron chi connectivity index (χ0n) is 13.2. The molecule has 0 bridgehead atoms. The Hall–Kier alpha value is -1.32. The lowest BCUT2D eigenvalue weighted by Crippen LogP contribution is -2.42. The maximum Gasteiger partial charge on any atom is 0.241 e. The highest BCUT2D eigenvalue weighted by Gasteiger charge is 2.09. The maximum absolute atomic E-state index is 11.5. The lowest BCUT2D eigenvalue weighted by Gasteiger charge is -2.14. The lowest BCUT2D eigenvalue weighted by molar-refractivity contribution is -0.127. The highest BCUT2D eigenvalue weighted by molar-refractivity contribution is 14.0. The van der Waals surface area contributed by atoms with Gasteiger partial charge in [0.05, 0.1) is 18.8 Å². The third-order valence-electron chi connectivity index (χ3n) is 2.83. The van der Waals surface area contributed by atoms with Crippen LogP contribution in [-0.2, 0) is 11.3 Å². The summed E-state index contributed by atoms with van der Waals surface area (Å²) in [6, 6.07) is 0. The Morgan fingerprint density at radius 1 is 1.33 bits per heavy atom. The number of aliphatic imine (C=N–C) groups is 1. The number of guanidine groups is 1. The summed E-state index contributed by atoms with van der Waals surface area (Å²) in [5.74, 6) is 1.36. The van der Waals surface area contributed by atoms with Gasteiger partial charge >= 0.3 is 0 Å². The van der Waals surface area contributed by atoms with Crippen molar-refractivity contribution < 1.29 is 9.32 Å². The molecule has 0 aliphatic heterocycles. The van der Waals surface area contributed by atoms with E-state index in [2.05, 4.69) is 20.8 Å². The number of nitrogens with zero attached hydrogens (tertiary/aromatic N) is 3. The molecule has 0 aliphatic carbocycles. The van der Waals surface area contributed by atoms with E-state index < -0.39 is 0 Å². The number of amides is 1. The molecular weight excluding hydrogens is 385 g/mol. The van der Waals surface area contributed by atoms with E-state index in [4.69, 9.17) is 4.52 Å². The molecule has 1 rings (SSSR count). The average Bonchev–Trinajstić information content (AvgIpc) is 2.72. The number of hydrogen-bond acceptors (Lipinski definition) is 4. The normalized spacial score (nSPS) is 10.8. The lowest BCUT2D eigenvalue weighted by atomic mass is 10.2. The van der Waals surface area contributed by atoms with Crippen LogP contribution in [-0.4, -0.2) is 49.1 Å². The van der Waals surface area contributed by atoms with Gasteiger partial charge in [0.25, 0.3) is 0 Å². The molecule has 0 aliphatic rings. The van der Waals surface area contributed by atoms with Crippen molar-refractivity contribution in [3.05, 3.63) is 17.0 Å². The fraction of sp³-hybridized carbons (Fsp3) is 0.615. The topological polar surface area (TPSA) is 82.8 Å². The first-order chi connectivity index (χ1) is 9.45. The van der Waals surface area contributed by atoms with Gasteiger partial charge in [0.2, 0.25) is 5.91 Å². The van der Waals surface area contributed by atoms with Crippen LogP contribution in [0.1, 0.15) is 23.9 Å². The maximum atomic E-state index is 11.5. The highest BCUT2D eigenvalue weighted by atomic mass is 127. The Labute approximate surface area is 142 Å². The van der Waals surface area contributed by atoms with Gasteiger partial charge in [-0.05, 0) is 20.8 Å². The van der Waals surface area contributed by atoms with Crippen LogP contribution in [0.25, 0.3) is 0 Å².